The lowest BCUT2D eigenvalue weighted by Crippen LogP contribution is -2.06. The number of aromatic nitrogens is 1. The molecular weight excluding hydrogens is 190 g/mol. The molecule has 66 valence electrons. The van der Waals surface area contributed by atoms with Crippen LogP contribution in [0.2, 0.25) is 5.15 Å². The number of amides is 1. The van der Waals surface area contributed by atoms with Crippen LogP contribution in [0, 0.1) is 11.8 Å². The molecule has 0 spiro atoms. The van der Waals surface area contributed by atoms with E-state index in [1.54, 1.807) is 0 Å². The monoisotopic (exact) mass is 195 g/mol. The number of halogens is 1. The standard InChI is InChI=1S/C8H6ClN3O/c9-7-3-6(10)5(4-12-7)1-2-8(11)13/h3-4H,(H2,10,12)(H2,11,13). The van der Waals surface area contributed by atoms with Gasteiger partial charge < -0.3 is 11.5 Å². The highest BCUT2D eigenvalue weighted by Crippen LogP contribution is 2.13. The van der Waals surface area contributed by atoms with Crippen LogP contribution in [0.4, 0.5) is 5.69 Å². The highest BCUT2D eigenvalue weighted by atomic mass is 35.5. The molecule has 0 aromatic carbocycles. The van der Waals surface area contributed by atoms with Gasteiger partial charge in [-0.3, -0.25) is 4.79 Å². The lowest BCUT2D eigenvalue weighted by atomic mass is 10.2. The molecule has 1 aromatic rings. The first kappa shape index (κ1) is 9.36. The summed E-state index contributed by atoms with van der Waals surface area (Å²) in [5, 5.41) is 0.280. The van der Waals surface area contributed by atoms with E-state index in [0.29, 0.717) is 11.3 Å². The summed E-state index contributed by atoms with van der Waals surface area (Å²) in [5.74, 6) is 3.90. The molecule has 5 heteroatoms. The van der Waals surface area contributed by atoms with Crippen molar-refractivity contribution in [3.63, 3.8) is 0 Å². The summed E-state index contributed by atoms with van der Waals surface area (Å²) in [7, 11) is 0. The van der Waals surface area contributed by atoms with E-state index in [1.165, 1.54) is 12.3 Å². The Hall–Kier alpha value is -1.73. The molecule has 0 aliphatic rings. The largest absolute Gasteiger partial charge is 0.398 e. The van der Waals surface area contributed by atoms with Gasteiger partial charge in [-0.25, -0.2) is 4.98 Å². The Kier molecular flexibility index (Phi) is 2.72. The van der Waals surface area contributed by atoms with Crippen LogP contribution in [0.3, 0.4) is 0 Å². The SMILES string of the molecule is NC(=O)C#Cc1cnc(Cl)cc1N. The lowest BCUT2D eigenvalue weighted by molar-refractivity contribution is -0.112. The Morgan fingerprint density at radius 3 is 2.85 bits per heavy atom. The topological polar surface area (TPSA) is 82.0 Å². The molecular formula is C8H6ClN3O. The highest BCUT2D eigenvalue weighted by Gasteiger charge is 1.97. The fourth-order valence-electron chi connectivity index (χ4n) is 0.677. The Balaban J connectivity index is 3.05. The summed E-state index contributed by atoms with van der Waals surface area (Å²) in [6.45, 7) is 0. The van der Waals surface area contributed by atoms with Crippen molar-refractivity contribution in [3.8, 4) is 11.8 Å². The summed E-state index contributed by atoms with van der Waals surface area (Å²) < 4.78 is 0. The van der Waals surface area contributed by atoms with Gasteiger partial charge in [0.25, 0.3) is 5.91 Å². The molecule has 0 aliphatic carbocycles. The molecule has 4 nitrogen and oxygen atoms in total. The molecule has 0 unspecified atom stereocenters. The number of anilines is 1. The smallest absolute Gasteiger partial charge is 0.293 e. The number of carbonyl (C=O) groups is 1. The van der Waals surface area contributed by atoms with Gasteiger partial charge in [-0.05, 0) is 6.07 Å². The van der Waals surface area contributed by atoms with E-state index in [4.69, 9.17) is 23.1 Å². The maximum absolute atomic E-state index is 10.3. The van der Waals surface area contributed by atoms with Crippen LogP contribution in [0.1, 0.15) is 5.56 Å². The zero-order valence-electron chi connectivity index (χ0n) is 6.54. The zero-order chi connectivity index (χ0) is 9.84. The van der Waals surface area contributed by atoms with Crippen molar-refractivity contribution in [2.24, 2.45) is 5.73 Å². The van der Waals surface area contributed by atoms with Crippen molar-refractivity contribution >= 4 is 23.2 Å². The second-order valence-electron chi connectivity index (χ2n) is 2.21. The Morgan fingerprint density at radius 1 is 1.62 bits per heavy atom. The number of nitrogen functional groups attached to an aromatic ring is 1. The number of hydrogen-bond acceptors (Lipinski definition) is 3. The zero-order valence-corrected chi connectivity index (χ0v) is 7.30. The lowest BCUT2D eigenvalue weighted by Gasteiger charge is -1.96. The van der Waals surface area contributed by atoms with Crippen LogP contribution >= 0.6 is 11.6 Å². The molecule has 0 fully saturated rings. The van der Waals surface area contributed by atoms with Crippen molar-refractivity contribution < 1.29 is 4.79 Å². The molecule has 13 heavy (non-hydrogen) atoms. The minimum atomic E-state index is -0.714. The maximum atomic E-state index is 10.3. The normalized spacial score (nSPS) is 8.69. The van der Waals surface area contributed by atoms with Crippen LogP contribution in [0.25, 0.3) is 0 Å². The van der Waals surface area contributed by atoms with E-state index >= 15 is 0 Å². The minimum Gasteiger partial charge on any atom is -0.398 e. The number of nitrogens with two attached hydrogens (primary N) is 2. The predicted molar refractivity (Wildman–Crippen MR) is 49.7 cm³/mol. The average molecular weight is 196 g/mol. The van der Waals surface area contributed by atoms with Crippen molar-refractivity contribution in [1.82, 2.24) is 4.98 Å². The third-order valence-electron chi connectivity index (χ3n) is 1.22. The summed E-state index contributed by atoms with van der Waals surface area (Å²) in [6.07, 6.45) is 1.38. The van der Waals surface area contributed by atoms with E-state index in [0.717, 1.165) is 0 Å². The van der Waals surface area contributed by atoms with Crippen molar-refractivity contribution in [2.45, 2.75) is 0 Å². The van der Waals surface area contributed by atoms with Gasteiger partial charge in [0.2, 0.25) is 0 Å². The molecule has 1 amide bonds. The maximum Gasteiger partial charge on any atom is 0.293 e. The van der Waals surface area contributed by atoms with Crippen LogP contribution in [-0.2, 0) is 4.79 Å². The van der Waals surface area contributed by atoms with Gasteiger partial charge in [0, 0.05) is 12.1 Å². The van der Waals surface area contributed by atoms with E-state index < -0.39 is 5.91 Å². The molecule has 1 heterocycles. The molecule has 4 N–H and O–H groups in total. The van der Waals surface area contributed by atoms with Crippen LogP contribution in [-0.4, -0.2) is 10.9 Å². The Labute approximate surface area is 79.9 Å². The first-order chi connectivity index (χ1) is 6.09. The summed E-state index contributed by atoms with van der Waals surface area (Å²) >= 11 is 5.55. The number of pyridine rings is 1. The van der Waals surface area contributed by atoms with Gasteiger partial charge in [0.05, 0.1) is 11.3 Å². The van der Waals surface area contributed by atoms with E-state index in [-0.39, 0.29) is 5.15 Å². The highest BCUT2D eigenvalue weighted by molar-refractivity contribution is 6.29. The Bertz CT molecular complexity index is 406. The van der Waals surface area contributed by atoms with Crippen LogP contribution in [0.15, 0.2) is 12.3 Å². The van der Waals surface area contributed by atoms with Gasteiger partial charge >= 0.3 is 0 Å². The van der Waals surface area contributed by atoms with Crippen LogP contribution in [0.5, 0.6) is 0 Å². The van der Waals surface area contributed by atoms with Gasteiger partial charge in [-0.15, -0.1) is 0 Å². The molecule has 1 aromatic heterocycles. The van der Waals surface area contributed by atoms with Gasteiger partial charge in [-0.2, -0.15) is 0 Å². The second kappa shape index (κ2) is 3.78. The summed E-state index contributed by atoms with van der Waals surface area (Å²) in [4.78, 5) is 14.1. The van der Waals surface area contributed by atoms with Gasteiger partial charge in [0.15, 0.2) is 0 Å². The molecule has 0 atom stereocenters. The molecule has 0 saturated heterocycles. The quantitative estimate of drug-likeness (QED) is 0.457. The molecule has 1 rings (SSSR count). The third kappa shape index (κ3) is 2.65. The summed E-state index contributed by atoms with van der Waals surface area (Å²) in [5.41, 5.74) is 11.2. The fraction of sp³-hybridized carbons (Fsp3) is 0. The third-order valence-corrected chi connectivity index (χ3v) is 1.43. The van der Waals surface area contributed by atoms with E-state index in [1.807, 2.05) is 0 Å². The fourth-order valence-corrected chi connectivity index (χ4v) is 0.844. The number of nitrogens with zero attached hydrogens (tertiary/aromatic N) is 1. The van der Waals surface area contributed by atoms with Crippen molar-refractivity contribution in [2.75, 3.05) is 5.73 Å². The second-order valence-corrected chi connectivity index (χ2v) is 2.60. The van der Waals surface area contributed by atoms with Gasteiger partial charge in [0.1, 0.15) is 5.15 Å². The van der Waals surface area contributed by atoms with E-state index in [2.05, 4.69) is 16.8 Å². The number of rotatable bonds is 0. The average Bonchev–Trinajstić information content (AvgIpc) is 2.02. The number of carbonyl (C=O) groups excluding carboxylic acids is 1. The van der Waals surface area contributed by atoms with Crippen LogP contribution < -0.4 is 11.5 Å². The first-order valence-corrected chi connectivity index (χ1v) is 3.70. The summed E-state index contributed by atoms with van der Waals surface area (Å²) in [6, 6.07) is 1.45. The molecule has 0 saturated carbocycles. The van der Waals surface area contributed by atoms with E-state index in [9.17, 15) is 4.79 Å². The Morgan fingerprint density at radius 2 is 2.31 bits per heavy atom. The minimum absolute atomic E-state index is 0.280. The van der Waals surface area contributed by atoms with Crippen molar-refractivity contribution in [1.29, 1.82) is 0 Å². The van der Waals surface area contributed by atoms with Crippen molar-refractivity contribution in [3.05, 3.63) is 23.0 Å². The van der Waals surface area contributed by atoms with Gasteiger partial charge in [-0.1, -0.05) is 17.5 Å². The molecule has 0 radical (unpaired) electrons. The molecule has 0 bridgehead atoms. The number of primary amides is 1. The first-order valence-electron chi connectivity index (χ1n) is 3.32. The predicted octanol–water partition coefficient (Wildman–Crippen LogP) is 0.154. The molecule has 0 aliphatic heterocycles. The number of hydrogen-bond donors (Lipinski definition) is 2.